The minimum atomic E-state index is -0.486. The molecule has 0 aromatic carbocycles. The summed E-state index contributed by atoms with van der Waals surface area (Å²) in [6.45, 7) is 3.72. The van der Waals surface area contributed by atoms with Crippen LogP contribution in [0, 0.1) is 11.8 Å². The zero-order valence-corrected chi connectivity index (χ0v) is 11.7. The maximum Gasteiger partial charge on any atom is 0.255 e. The quantitative estimate of drug-likeness (QED) is 0.693. The van der Waals surface area contributed by atoms with Crippen molar-refractivity contribution in [1.29, 1.82) is 0 Å². The monoisotopic (exact) mass is 278 g/mol. The van der Waals surface area contributed by atoms with Gasteiger partial charge in [0.1, 0.15) is 6.67 Å². The van der Waals surface area contributed by atoms with Gasteiger partial charge in [-0.05, 0) is 5.92 Å². The van der Waals surface area contributed by atoms with Crippen molar-refractivity contribution in [3.8, 4) is 0 Å². The van der Waals surface area contributed by atoms with E-state index in [1.807, 2.05) is 13.8 Å². The Hall–Kier alpha value is -1.98. The number of amides is 4. The first-order valence-electron chi connectivity index (χ1n) is 6.83. The smallest absolute Gasteiger partial charge is 0.255 e. The van der Waals surface area contributed by atoms with Gasteiger partial charge in [0, 0.05) is 24.5 Å². The predicted molar refractivity (Wildman–Crippen MR) is 69.9 cm³/mol. The van der Waals surface area contributed by atoms with Crippen molar-refractivity contribution in [2.45, 2.75) is 33.1 Å². The molecule has 6 heteroatoms. The predicted octanol–water partition coefficient (Wildman–Crippen LogP) is 0.680. The van der Waals surface area contributed by atoms with E-state index < -0.39 is 11.8 Å². The van der Waals surface area contributed by atoms with E-state index >= 15 is 0 Å². The van der Waals surface area contributed by atoms with Crippen LogP contribution in [0.3, 0.4) is 0 Å². The van der Waals surface area contributed by atoms with Gasteiger partial charge in [-0.25, -0.2) is 0 Å². The molecule has 0 aliphatic carbocycles. The minimum absolute atomic E-state index is 0.129. The Kier molecular flexibility index (Phi) is 4.01. The largest absolute Gasteiger partial charge is 0.274 e. The third kappa shape index (κ3) is 2.50. The average molecular weight is 278 g/mol. The summed E-state index contributed by atoms with van der Waals surface area (Å²) in [7, 11) is 0. The minimum Gasteiger partial charge on any atom is -0.274 e. The van der Waals surface area contributed by atoms with Crippen molar-refractivity contribution in [1.82, 2.24) is 9.80 Å². The zero-order valence-electron chi connectivity index (χ0n) is 11.7. The van der Waals surface area contributed by atoms with Crippen molar-refractivity contribution >= 4 is 23.6 Å². The number of likely N-dealkylation sites (tertiary alicyclic amines) is 1. The number of rotatable bonds is 5. The normalized spacial score (nSPS) is 24.2. The molecule has 1 fully saturated rings. The van der Waals surface area contributed by atoms with Crippen LogP contribution in [0.4, 0.5) is 0 Å². The topological polar surface area (TPSA) is 74.8 Å². The maximum atomic E-state index is 12.3. The van der Waals surface area contributed by atoms with Crippen LogP contribution < -0.4 is 0 Å². The Bertz CT molecular complexity index is 479. The Labute approximate surface area is 117 Å². The van der Waals surface area contributed by atoms with Gasteiger partial charge in [0.25, 0.3) is 11.8 Å². The highest BCUT2D eigenvalue weighted by atomic mass is 16.2. The van der Waals surface area contributed by atoms with Gasteiger partial charge in [0.2, 0.25) is 11.8 Å². The van der Waals surface area contributed by atoms with E-state index in [0.717, 1.165) is 34.8 Å². The number of hydrogen-bond acceptors (Lipinski definition) is 4. The summed E-state index contributed by atoms with van der Waals surface area (Å²) in [5.41, 5.74) is 0. The van der Waals surface area contributed by atoms with Crippen molar-refractivity contribution in [2.75, 3.05) is 6.67 Å². The highest BCUT2D eigenvalue weighted by molar-refractivity contribution is 6.13. The molecule has 4 amide bonds. The summed E-state index contributed by atoms with van der Waals surface area (Å²) in [4.78, 5) is 49.1. The van der Waals surface area contributed by atoms with Crippen molar-refractivity contribution in [3.63, 3.8) is 0 Å². The Morgan fingerprint density at radius 2 is 1.75 bits per heavy atom. The molecule has 108 valence electrons. The second-order valence-corrected chi connectivity index (χ2v) is 5.32. The van der Waals surface area contributed by atoms with Gasteiger partial charge in [-0.3, -0.25) is 29.0 Å². The molecule has 2 atom stereocenters. The lowest BCUT2D eigenvalue weighted by atomic mass is 9.89. The molecule has 6 nitrogen and oxygen atoms in total. The third-order valence-electron chi connectivity index (χ3n) is 3.89. The summed E-state index contributed by atoms with van der Waals surface area (Å²) in [6.07, 6.45) is 4.28. The van der Waals surface area contributed by atoms with E-state index in [9.17, 15) is 19.2 Å². The number of imide groups is 2. The Morgan fingerprint density at radius 3 is 2.30 bits per heavy atom. The Balaban J connectivity index is 2.06. The van der Waals surface area contributed by atoms with Gasteiger partial charge in [-0.15, -0.1) is 0 Å². The number of nitrogens with zero attached hydrogens (tertiary/aromatic N) is 2. The van der Waals surface area contributed by atoms with Gasteiger partial charge in [-0.1, -0.05) is 26.7 Å². The van der Waals surface area contributed by atoms with E-state index in [-0.39, 0.29) is 36.7 Å². The zero-order chi connectivity index (χ0) is 14.9. The molecule has 0 saturated carbocycles. The second-order valence-electron chi connectivity index (χ2n) is 5.32. The summed E-state index contributed by atoms with van der Waals surface area (Å²) >= 11 is 0. The molecule has 2 heterocycles. The SMILES string of the molecule is CCCC(C)C1CC(=O)N(CN2C(=O)C=CC2=O)C1=O. The van der Waals surface area contributed by atoms with Crippen LogP contribution in [-0.4, -0.2) is 40.1 Å². The second kappa shape index (κ2) is 5.56. The molecule has 0 radical (unpaired) electrons. The third-order valence-corrected chi connectivity index (χ3v) is 3.89. The fourth-order valence-corrected chi connectivity index (χ4v) is 2.67. The molecule has 2 unspecified atom stereocenters. The molecule has 2 aliphatic heterocycles. The van der Waals surface area contributed by atoms with Crippen LogP contribution >= 0.6 is 0 Å². The number of hydrogen-bond donors (Lipinski definition) is 0. The van der Waals surface area contributed by atoms with E-state index in [4.69, 9.17) is 0 Å². The number of carbonyl (C=O) groups excluding carboxylic acids is 4. The van der Waals surface area contributed by atoms with Crippen molar-refractivity contribution < 1.29 is 19.2 Å². The van der Waals surface area contributed by atoms with Crippen LogP contribution in [0.5, 0.6) is 0 Å². The van der Waals surface area contributed by atoms with Crippen molar-refractivity contribution in [2.24, 2.45) is 11.8 Å². The summed E-state index contributed by atoms with van der Waals surface area (Å²) in [6, 6.07) is 0. The van der Waals surface area contributed by atoms with E-state index in [2.05, 4.69) is 0 Å². The fraction of sp³-hybridized carbons (Fsp3) is 0.571. The van der Waals surface area contributed by atoms with Crippen LogP contribution in [0.25, 0.3) is 0 Å². The standard InChI is InChI=1S/C14H18N2O4/c1-3-4-9(2)10-7-13(19)16(14(10)20)8-15-11(17)5-6-12(15)18/h5-6,9-10H,3-4,7-8H2,1-2H3. The van der Waals surface area contributed by atoms with Crippen molar-refractivity contribution in [3.05, 3.63) is 12.2 Å². The average Bonchev–Trinajstić information content (AvgIpc) is 2.86. The molecule has 1 saturated heterocycles. The molecular weight excluding hydrogens is 260 g/mol. The van der Waals surface area contributed by atoms with E-state index in [0.29, 0.717) is 0 Å². The van der Waals surface area contributed by atoms with Gasteiger partial charge >= 0.3 is 0 Å². The molecule has 0 spiro atoms. The van der Waals surface area contributed by atoms with Crippen LogP contribution in [0.15, 0.2) is 12.2 Å². The molecule has 0 bridgehead atoms. The summed E-state index contributed by atoms with van der Waals surface area (Å²) < 4.78 is 0. The molecule has 2 rings (SSSR count). The lowest BCUT2D eigenvalue weighted by Gasteiger charge is -2.22. The maximum absolute atomic E-state index is 12.3. The molecule has 0 aromatic rings. The van der Waals surface area contributed by atoms with Crippen LogP contribution in [0.1, 0.15) is 33.1 Å². The lowest BCUT2D eigenvalue weighted by Crippen LogP contribution is -2.44. The first-order valence-corrected chi connectivity index (χ1v) is 6.83. The van der Waals surface area contributed by atoms with Gasteiger partial charge in [-0.2, -0.15) is 0 Å². The first kappa shape index (κ1) is 14.4. The molecule has 0 aromatic heterocycles. The van der Waals surface area contributed by atoms with E-state index in [1.165, 1.54) is 0 Å². The molecule has 2 aliphatic rings. The van der Waals surface area contributed by atoms with Crippen LogP contribution in [0.2, 0.25) is 0 Å². The Morgan fingerprint density at radius 1 is 1.15 bits per heavy atom. The van der Waals surface area contributed by atoms with Gasteiger partial charge in [0.05, 0.1) is 0 Å². The number of carbonyl (C=O) groups is 4. The summed E-state index contributed by atoms with van der Waals surface area (Å²) in [5.74, 6) is -1.76. The molecular formula is C14H18N2O4. The lowest BCUT2D eigenvalue weighted by molar-refractivity contribution is -0.147. The highest BCUT2D eigenvalue weighted by Gasteiger charge is 2.42. The van der Waals surface area contributed by atoms with Gasteiger partial charge < -0.3 is 0 Å². The van der Waals surface area contributed by atoms with Crippen LogP contribution in [-0.2, 0) is 19.2 Å². The first-order chi connectivity index (χ1) is 9.45. The van der Waals surface area contributed by atoms with Gasteiger partial charge in [0.15, 0.2) is 0 Å². The van der Waals surface area contributed by atoms with E-state index in [1.54, 1.807) is 0 Å². The highest BCUT2D eigenvalue weighted by Crippen LogP contribution is 2.29. The fourth-order valence-electron chi connectivity index (χ4n) is 2.67. The molecule has 20 heavy (non-hydrogen) atoms. The molecule has 0 N–H and O–H groups in total. The summed E-state index contributed by atoms with van der Waals surface area (Å²) in [5, 5.41) is 0.